The Morgan fingerprint density at radius 1 is 1.03 bits per heavy atom. The first-order valence-corrected chi connectivity index (χ1v) is 14.1. The molecule has 0 fully saturated rings. The van der Waals surface area contributed by atoms with Gasteiger partial charge in [0.1, 0.15) is 0 Å². The number of carbonyl (C=O) groups is 1. The number of amides is 1. The van der Waals surface area contributed by atoms with Crippen molar-refractivity contribution in [2.24, 2.45) is 11.8 Å². The molecule has 0 bridgehead atoms. The van der Waals surface area contributed by atoms with Gasteiger partial charge in [0.15, 0.2) is 11.5 Å². The van der Waals surface area contributed by atoms with Crippen LogP contribution in [0.4, 0.5) is 0 Å². The highest BCUT2D eigenvalue weighted by Gasteiger charge is 2.27. The summed E-state index contributed by atoms with van der Waals surface area (Å²) in [7, 11) is 3.24. The molecule has 0 radical (unpaired) electrons. The summed E-state index contributed by atoms with van der Waals surface area (Å²) < 4.78 is 13.0. The average molecular weight is 521 g/mol. The number of carbonyl (C=O) groups excluding carboxylic acids is 1. The molecule has 0 saturated heterocycles. The first-order chi connectivity index (χ1) is 16.8. The number of hydrogen-bond donors (Lipinski definition) is 2. The van der Waals surface area contributed by atoms with Crippen LogP contribution in [0.15, 0.2) is 53.4 Å². The molecule has 0 saturated carbocycles. The summed E-state index contributed by atoms with van der Waals surface area (Å²) in [6, 6.07) is 15.4. The van der Waals surface area contributed by atoms with Crippen LogP contribution in [0, 0.1) is 11.8 Å². The van der Waals surface area contributed by atoms with E-state index in [0.717, 1.165) is 22.8 Å². The lowest BCUT2D eigenvalue weighted by Crippen LogP contribution is -2.50. The summed E-state index contributed by atoms with van der Waals surface area (Å²) in [6.07, 6.45) is 1.82. The van der Waals surface area contributed by atoms with Crippen LogP contribution < -0.4 is 14.8 Å². The molecule has 3 atom stereocenters. The molecule has 0 aliphatic heterocycles. The second-order valence-corrected chi connectivity index (χ2v) is 11.2. The van der Waals surface area contributed by atoms with Crippen LogP contribution in [0.3, 0.4) is 0 Å². The number of aliphatic hydroxyl groups is 1. The van der Waals surface area contributed by atoms with Gasteiger partial charge in [0, 0.05) is 29.7 Å². The van der Waals surface area contributed by atoms with Gasteiger partial charge >= 0.3 is 0 Å². The van der Waals surface area contributed by atoms with Gasteiger partial charge in [0.2, 0.25) is 5.91 Å². The Hall–Kier alpha value is -1.87. The van der Waals surface area contributed by atoms with Gasteiger partial charge in [-0.25, -0.2) is 4.31 Å². The van der Waals surface area contributed by atoms with Gasteiger partial charge in [-0.2, -0.15) is 11.8 Å². The zero-order valence-corrected chi connectivity index (χ0v) is 23.3. The van der Waals surface area contributed by atoms with Crippen LogP contribution in [-0.4, -0.2) is 66.8 Å². The predicted octanol–water partition coefficient (Wildman–Crippen LogP) is 4.76. The highest BCUT2D eigenvalue weighted by molar-refractivity contribution is 7.98. The van der Waals surface area contributed by atoms with Gasteiger partial charge in [-0.05, 0) is 54.3 Å². The van der Waals surface area contributed by atoms with Gasteiger partial charge in [-0.15, -0.1) is 0 Å². The second kappa shape index (κ2) is 15.3. The van der Waals surface area contributed by atoms with Gasteiger partial charge < -0.3 is 19.9 Å². The van der Waals surface area contributed by atoms with E-state index in [4.69, 9.17) is 9.47 Å². The van der Waals surface area contributed by atoms with Gasteiger partial charge in [0.05, 0.1) is 26.4 Å². The molecule has 2 rings (SSSR count). The Bertz CT molecular complexity index is 898. The number of aliphatic hydroxyl groups excluding tert-OH is 1. The molecule has 0 spiro atoms. The van der Waals surface area contributed by atoms with Crippen molar-refractivity contribution in [3.05, 3.63) is 54.1 Å². The van der Waals surface area contributed by atoms with Crippen LogP contribution >= 0.6 is 23.7 Å². The highest BCUT2D eigenvalue weighted by atomic mass is 32.2. The minimum Gasteiger partial charge on any atom is -0.493 e. The molecule has 35 heavy (non-hydrogen) atoms. The summed E-state index contributed by atoms with van der Waals surface area (Å²) in [5.41, 5.74) is 1.08. The third-order valence-electron chi connectivity index (χ3n) is 5.50. The second-order valence-electron chi connectivity index (χ2n) is 9.08. The third kappa shape index (κ3) is 9.95. The Labute approximate surface area is 219 Å². The van der Waals surface area contributed by atoms with Gasteiger partial charge in [-0.3, -0.25) is 4.79 Å². The number of benzene rings is 2. The largest absolute Gasteiger partial charge is 0.493 e. The van der Waals surface area contributed by atoms with Gasteiger partial charge in [0.25, 0.3) is 0 Å². The molecular weight excluding hydrogens is 480 g/mol. The summed E-state index contributed by atoms with van der Waals surface area (Å²) in [5, 5.41) is 14.5. The summed E-state index contributed by atoms with van der Waals surface area (Å²) >= 11 is 3.22. The third-order valence-corrected chi connectivity index (χ3v) is 7.36. The Balaban J connectivity index is 2.20. The molecule has 8 heteroatoms. The maximum atomic E-state index is 12.8. The monoisotopic (exact) mass is 520 g/mol. The SMILES string of the molecule is COc1ccc(SN(CC(C)C)C[C@@H](O)[C@H](Cc2ccccc2)NC(=O)[C@H](C)CSC)cc1OC. The maximum Gasteiger partial charge on any atom is 0.223 e. The van der Waals surface area contributed by atoms with E-state index in [1.807, 2.05) is 61.7 Å². The van der Waals surface area contributed by atoms with Crippen molar-refractivity contribution in [3.8, 4) is 11.5 Å². The van der Waals surface area contributed by atoms with Crippen molar-refractivity contribution in [1.29, 1.82) is 0 Å². The smallest absolute Gasteiger partial charge is 0.223 e. The van der Waals surface area contributed by atoms with Crippen molar-refractivity contribution in [1.82, 2.24) is 9.62 Å². The lowest BCUT2D eigenvalue weighted by atomic mass is 10.00. The molecule has 0 aliphatic rings. The summed E-state index contributed by atoms with van der Waals surface area (Å²) in [4.78, 5) is 13.8. The molecule has 194 valence electrons. The molecule has 0 unspecified atom stereocenters. The zero-order chi connectivity index (χ0) is 25.8. The van der Waals surface area contributed by atoms with E-state index in [0.29, 0.717) is 30.4 Å². The lowest BCUT2D eigenvalue weighted by molar-refractivity contribution is -0.125. The summed E-state index contributed by atoms with van der Waals surface area (Å²) in [6.45, 7) is 7.43. The fourth-order valence-corrected chi connectivity index (χ4v) is 5.55. The Morgan fingerprint density at radius 3 is 2.31 bits per heavy atom. The van der Waals surface area contributed by atoms with Crippen molar-refractivity contribution in [2.45, 2.75) is 44.2 Å². The standard InChI is InChI=1S/C27H40N2O4S2/c1-19(2)16-29(35-22-12-13-25(32-4)26(15-22)33-5)17-24(30)23(14-21-10-8-7-9-11-21)28-27(31)20(3)18-34-6/h7-13,15,19-20,23-24,30H,14,16-18H2,1-6H3,(H,28,31)/t20-,23+,24-/m1/s1. The van der Waals surface area contributed by atoms with Crippen LogP contribution in [0.1, 0.15) is 26.3 Å². The minimum atomic E-state index is -0.743. The summed E-state index contributed by atoms with van der Waals surface area (Å²) in [5.74, 6) is 2.34. The Kier molecular flexibility index (Phi) is 12.8. The zero-order valence-electron chi connectivity index (χ0n) is 21.7. The molecule has 0 aromatic heterocycles. The van der Waals surface area contributed by atoms with Crippen LogP contribution in [0.2, 0.25) is 0 Å². The molecule has 6 nitrogen and oxygen atoms in total. The molecule has 2 N–H and O–H groups in total. The first kappa shape index (κ1) is 29.4. The van der Waals surface area contributed by atoms with E-state index in [9.17, 15) is 9.90 Å². The number of thioether (sulfide) groups is 1. The molecular formula is C27H40N2O4S2. The number of ether oxygens (including phenoxy) is 2. The highest BCUT2D eigenvalue weighted by Crippen LogP contribution is 2.33. The maximum absolute atomic E-state index is 12.8. The molecule has 1 amide bonds. The number of nitrogens with one attached hydrogen (secondary N) is 1. The molecule has 2 aromatic rings. The topological polar surface area (TPSA) is 71.0 Å². The van der Waals surface area contributed by atoms with E-state index < -0.39 is 12.1 Å². The van der Waals surface area contributed by atoms with Crippen LogP contribution in [-0.2, 0) is 11.2 Å². The average Bonchev–Trinajstić information content (AvgIpc) is 2.83. The normalized spacial score (nSPS) is 14.0. The van der Waals surface area contributed by atoms with Crippen molar-refractivity contribution in [3.63, 3.8) is 0 Å². The quantitative estimate of drug-likeness (QED) is 0.328. The molecule has 2 aromatic carbocycles. The number of methoxy groups -OCH3 is 2. The molecule has 0 heterocycles. The van der Waals surface area contributed by atoms with Gasteiger partial charge in [-0.1, -0.05) is 51.1 Å². The van der Waals surface area contributed by atoms with Crippen molar-refractivity contribution in [2.75, 3.05) is 39.3 Å². The van der Waals surface area contributed by atoms with Crippen molar-refractivity contribution >= 4 is 29.6 Å². The first-order valence-electron chi connectivity index (χ1n) is 11.9. The van der Waals surface area contributed by atoms with E-state index in [1.54, 1.807) is 37.9 Å². The Morgan fingerprint density at radius 2 is 1.71 bits per heavy atom. The number of rotatable bonds is 15. The van der Waals surface area contributed by atoms with Crippen LogP contribution in [0.25, 0.3) is 0 Å². The van der Waals surface area contributed by atoms with E-state index >= 15 is 0 Å². The van der Waals surface area contributed by atoms with E-state index in [-0.39, 0.29) is 11.8 Å². The predicted molar refractivity (Wildman–Crippen MR) is 147 cm³/mol. The fraction of sp³-hybridized carbons (Fsp3) is 0.519. The fourth-order valence-electron chi connectivity index (χ4n) is 3.72. The van der Waals surface area contributed by atoms with E-state index in [2.05, 4.69) is 23.5 Å². The van der Waals surface area contributed by atoms with Crippen LogP contribution in [0.5, 0.6) is 11.5 Å². The van der Waals surface area contributed by atoms with E-state index in [1.165, 1.54) is 0 Å². The number of nitrogens with zero attached hydrogens (tertiary/aromatic N) is 1. The lowest BCUT2D eigenvalue weighted by Gasteiger charge is -2.31. The number of hydrogen-bond acceptors (Lipinski definition) is 7. The minimum absolute atomic E-state index is 0.0257. The van der Waals surface area contributed by atoms with Crippen molar-refractivity contribution < 1.29 is 19.4 Å². The molecule has 0 aliphatic carbocycles.